The Morgan fingerprint density at radius 2 is 1.87 bits per heavy atom. The van der Waals surface area contributed by atoms with Crippen molar-refractivity contribution < 1.29 is 19.1 Å². The summed E-state index contributed by atoms with van der Waals surface area (Å²) < 4.78 is 11.1. The normalized spacial score (nSPS) is 21.2. The molecule has 2 atom stereocenters. The Bertz CT molecular complexity index is 1060. The summed E-state index contributed by atoms with van der Waals surface area (Å²) in [6.07, 6.45) is 0.859. The highest BCUT2D eigenvalue weighted by Crippen LogP contribution is 2.47. The van der Waals surface area contributed by atoms with E-state index in [9.17, 15) is 9.59 Å². The number of rotatable bonds is 4. The molecule has 2 aliphatic rings. The van der Waals surface area contributed by atoms with Crippen LogP contribution in [0.3, 0.4) is 0 Å². The zero-order valence-electron chi connectivity index (χ0n) is 16.6. The second kappa shape index (κ2) is 8.36. The third-order valence-electron chi connectivity index (χ3n) is 5.49. The van der Waals surface area contributed by atoms with Crippen molar-refractivity contribution in [3.63, 3.8) is 0 Å². The van der Waals surface area contributed by atoms with Gasteiger partial charge in [-0.15, -0.1) is 0 Å². The lowest BCUT2D eigenvalue weighted by Gasteiger charge is -2.35. The van der Waals surface area contributed by atoms with Crippen molar-refractivity contribution >= 4 is 23.4 Å². The predicted octanol–water partition coefficient (Wildman–Crippen LogP) is 4.59. The second-order valence-electron chi connectivity index (χ2n) is 7.36. The molecule has 4 rings (SSSR count). The number of esters is 1. The lowest BCUT2D eigenvalue weighted by molar-refractivity contribution is -0.139. The number of halogens is 1. The first-order valence-electron chi connectivity index (χ1n) is 9.90. The quantitative estimate of drug-likeness (QED) is 0.728. The summed E-state index contributed by atoms with van der Waals surface area (Å²) in [5.41, 5.74) is 8.57. The average Bonchev–Trinajstić information content (AvgIpc) is 2.73. The van der Waals surface area contributed by atoms with Crippen LogP contribution in [0, 0.1) is 0 Å². The number of hydrogen-bond donors (Lipinski definition) is 1. The standard InChI is InChI=1S/C24H22ClNO4/c1-2-29-24(28)22-20(15-9-6-10-17(25)11-15)21-18(27)12-16(13-19(21)30-23(22)26)14-7-4-3-5-8-14/h3-11,16,20H,2,12-13,26H2,1H3/t16-,20-/m0/s1. The SMILES string of the molecule is CCOC(=O)C1=C(N)OC2=C(C(=O)C[C@H](c3ccccc3)C2)[C@@H]1c1cccc(Cl)c1. The molecule has 30 heavy (non-hydrogen) atoms. The highest BCUT2D eigenvalue weighted by atomic mass is 35.5. The Balaban J connectivity index is 1.81. The van der Waals surface area contributed by atoms with Crippen molar-refractivity contribution in [2.75, 3.05) is 6.61 Å². The number of benzene rings is 2. The molecular weight excluding hydrogens is 402 g/mol. The number of hydrogen-bond acceptors (Lipinski definition) is 5. The van der Waals surface area contributed by atoms with Crippen LogP contribution in [0.4, 0.5) is 0 Å². The van der Waals surface area contributed by atoms with Crippen molar-refractivity contribution in [1.82, 2.24) is 0 Å². The second-order valence-corrected chi connectivity index (χ2v) is 7.80. The minimum absolute atomic E-state index is 0.00518. The van der Waals surface area contributed by atoms with Crippen molar-refractivity contribution in [1.29, 1.82) is 0 Å². The van der Waals surface area contributed by atoms with Crippen LogP contribution in [0.15, 0.2) is 77.4 Å². The van der Waals surface area contributed by atoms with E-state index in [0.29, 0.717) is 34.8 Å². The van der Waals surface area contributed by atoms with Gasteiger partial charge in [0.05, 0.1) is 12.5 Å². The van der Waals surface area contributed by atoms with Gasteiger partial charge in [-0.2, -0.15) is 0 Å². The van der Waals surface area contributed by atoms with Crippen molar-refractivity contribution in [3.8, 4) is 0 Å². The van der Waals surface area contributed by atoms with Crippen LogP contribution >= 0.6 is 11.6 Å². The summed E-state index contributed by atoms with van der Waals surface area (Å²) in [6.45, 7) is 1.90. The zero-order chi connectivity index (χ0) is 21.3. The first kappa shape index (κ1) is 20.2. The number of carbonyl (C=O) groups excluding carboxylic acids is 2. The van der Waals surface area contributed by atoms with Crippen LogP contribution in [0.1, 0.15) is 42.7 Å². The number of ether oxygens (including phenoxy) is 2. The molecule has 0 aromatic heterocycles. The van der Waals surface area contributed by atoms with E-state index in [1.165, 1.54) is 0 Å². The highest BCUT2D eigenvalue weighted by molar-refractivity contribution is 6.30. The number of allylic oxidation sites excluding steroid dienone is 2. The molecule has 0 spiro atoms. The van der Waals surface area contributed by atoms with Crippen LogP contribution in [-0.4, -0.2) is 18.4 Å². The summed E-state index contributed by atoms with van der Waals surface area (Å²) >= 11 is 6.21. The maximum Gasteiger partial charge on any atom is 0.340 e. The van der Waals surface area contributed by atoms with Crippen LogP contribution in [0.5, 0.6) is 0 Å². The molecule has 0 fully saturated rings. The maximum absolute atomic E-state index is 13.3. The fourth-order valence-electron chi connectivity index (χ4n) is 4.20. The largest absolute Gasteiger partial charge is 0.462 e. The number of ketones is 1. The fourth-order valence-corrected chi connectivity index (χ4v) is 4.39. The predicted molar refractivity (Wildman–Crippen MR) is 114 cm³/mol. The molecule has 0 radical (unpaired) electrons. The topological polar surface area (TPSA) is 78.6 Å². The first-order valence-corrected chi connectivity index (χ1v) is 10.3. The van der Waals surface area contributed by atoms with Gasteiger partial charge in [-0.3, -0.25) is 4.79 Å². The lowest BCUT2D eigenvalue weighted by Crippen LogP contribution is -2.33. The summed E-state index contributed by atoms with van der Waals surface area (Å²) in [7, 11) is 0. The molecule has 2 aromatic rings. The Hall–Kier alpha value is -3.05. The molecule has 0 saturated carbocycles. The maximum atomic E-state index is 13.3. The summed E-state index contributed by atoms with van der Waals surface area (Å²) in [5.74, 6) is -0.853. The Kier molecular flexibility index (Phi) is 5.64. The fraction of sp³-hybridized carbons (Fsp3) is 0.250. The van der Waals surface area contributed by atoms with E-state index in [0.717, 1.165) is 5.56 Å². The van der Waals surface area contributed by atoms with E-state index in [1.54, 1.807) is 25.1 Å². The first-order chi connectivity index (χ1) is 14.5. The highest BCUT2D eigenvalue weighted by Gasteiger charge is 2.43. The van der Waals surface area contributed by atoms with E-state index in [-0.39, 0.29) is 29.8 Å². The smallest absolute Gasteiger partial charge is 0.340 e. The molecule has 0 unspecified atom stereocenters. The van der Waals surface area contributed by atoms with Gasteiger partial charge in [-0.25, -0.2) is 4.79 Å². The Morgan fingerprint density at radius 1 is 1.13 bits per heavy atom. The van der Waals surface area contributed by atoms with Gasteiger partial charge < -0.3 is 15.2 Å². The van der Waals surface area contributed by atoms with Crippen LogP contribution in [-0.2, 0) is 19.1 Å². The third-order valence-corrected chi connectivity index (χ3v) is 5.72. The molecule has 5 nitrogen and oxygen atoms in total. The number of Topliss-reactive ketones (excluding diaryl/α,β-unsaturated/α-hetero) is 1. The Morgan fingerprint density at radius 3 is 2.57 bits per heavy atom. The molecule has 0 saturated heterocycles. The van der Waals surface area contributed by atoms with Crippen LogP contribution in [0.2, 0.25) is 5.02 Å². The number of carbonyl (C=O) groups is 2. The van der Waals surface area contributed by atoms with Gasteiger partial charge in [0, 0.05) is 23.4 Å². The molecule has 0 bridgehead atoms. The van der Waals surface area contributed by atoms with Gasteiger partial charge in [0.15, 0.2) is 5.78 Å². The van der Waals surface area contributed by atoms with Crippen LogP contribution < -0.4 is 5.73 Å². The monoisotopic (exact) mass is 423 g/mol. The lowest BCUT2D eigenvalue weighted by atomic mass is 9.73. The molecule has 6 heteroatoms. The van der Waals surface area contributed by atoms with Gasteiger partial charge in [0.25, 0.3) is 0 Å². The van der Waals surface area contributed by atoms with Crippen molar-refractivity contribution in [2.24, 2.45) is 5.73 Å². The summed E-state index contributed by atoms with van der Waals surface area (Å²) in [4.78, 5) is 26.1. The zero-order valence-corrected chi connectivity index (χ0v) is 17.3. The molecular formula is C24H22ClNO4. The molecule has 1 heterocycles. The molecule has 1 aliphatic heterocycles. The minimum atomic E-state index is -0.671. The van der Waals surface area contributed by atoms with E-state index in [1.807, 2.05) is 36.4 Å². The van der Waals surface area contributed by atoms with E-state index < -0.39 is 11.9 Å². The van der Waals surface area contributed by atoms with E-state index in [2.05, 4.69) is 0 Å². The average molecular weight is 424 g/mol. The Labute approximate surface area is 180 Å². The molecule has 2 N–H and O–H groups in total. The van der Waals surface area contributed by atoms with Gasteiger partial charge in [0.1, 0.15) is 11.3 Å². The van der Waals surface area contributed by atoms with Gasteiger partial charge >= 0.3 is 5.97 Å². The number of nitrogens with two attached hydrogens (primary N) is 1. The molecule has 1 aliphatic carbocycles. The van der Waals surface area contributed by atoms with E-state index >= 15 is 0 Å². The van der Waals surface area contributed by atoms with Crippen LogP contribution in [0.25, 0.3) is 0 Å². The molecule has 154 valence electrons. The van der Waals surface area contributed by atoms with Crippen molar-refractivity contribution in [2.45, 2.75) is 31.6 Å². The minimum Gasteiger partial charge on any atom is -0.462 e. The third kappa shape index (κ3) is 3.73. The molecule has 2 aromatic carbocycles. The van der Waals surface area contributed by atoms with Gasteiger partial charge in [0.2, 0.25) is 5.88 Å². The van der Waals surface area contributed by atoms with Crippen molar-refractivity contribution in [3.05, 3.63) is 93.5 Å². The summed E-state index contributed by atoms with van der Waals surface area (Å²) in [6, 6.07) is 16.9. The van der Waals surface area contributed by atoms with E-state index in [4.69, 9.17) is 26.8 Å². The van der Waals surface area contributed by atoms with Gasteiger partial charge in [-0.1, -0.05) is 54.1 Å². The van der Waals surface area contributed by atoms with Gasteiger partial charge in [-0.05, 0) is 36.1 Å². The summed E-state index contributed by atoms with van der Waals surface area (Å²) in [5, 5.41) is 0.508. The molecule has 0 amide bonds.